The minimum absolute atomic E-state index is 0.102. The molecule has 1 aromatic rings. The average Bonchev–Trinajstić information content (AvgIpc) is 2.39. The first-order valence-electron chi connectivity index (χ1n) is 5.90. The lowest BCUT2D eigenvalue weighted by atomic mass is 10.3. The van der Waals surface area contributed by atoms with Crippen molar-refractivity contribution in [2.45, 2.75) is 24.3 Å². The molecule has 0 spiro atoms. The van der Waals surface area contributed by atoms with E-state index in [0.29, 0.717) is 0 Å². The summed E-state index contributed by atoms with van der Waals surface area (Å²) in [6, 6.07) is 6.75. The van der Waals surface area contributed by atoms with Gasteiger partial charge in [-0.15, -0.1) is 0 Å². The molecule has 0 aliphatic carbocycles. The molecular weight excluding hydrogens is 284 g/mol. The summed E-state index contributed by atoms with van der Waals surface area (Å²) in [6.45, 7) is 1.23. The molecule has 0 saturated carbocycles. The number of carboxylic acid groups (broad SMARTS) is 1. The zero-order chi connectivity index (χ0) is 15.2. The van der Waals surface area contributed by atoms with Crippen LogP contribution in [0.5, 0.6) is 0 Å². The van der Waals surface area contributed by atoms with Crippen LogP contribution in [0.4, 0.5) is 0 Å². The highest BCUT2D eigenvalue weighted by Crippen LogP contribution is 2.06. The van der Waals surface area contributed by atoms with Gasteiger partial charge in [-0.2, -0.15) is 0 Å². The van der Waals surface area contributed by atoms with Gasteiger partial charge in [0, 0.05) is 13.0 Å². The summed E-state index contributed by atoms with van der Waals surface area (Å²) < 4.78 is 25.9. The molecule has 1 atom stereocenters. The minimum Gasteiger partial charge on any atom is -0.480 e. The van der Waals surface area contributed by atoms with Gasteiger partial charge in [0.05, 0.1) is 4.90 Å². The quantitative estimate of drug-likeness (QED) is 0.653. The third-order valence-corrected chi connectivity index (χ3v) is 3.92. The molecule has 0 heterocycles. The predicted octanol–water partition coefficient (Wildman–Crippen LogP) is -0.0557. The highest BCUT2D eigenvalue weighted by atomic mass is 32.2. The number of carboxylic acids is 1. The molecule has 0 aromatic heterocycles. The van der Waals surface area contributed by atoms with Crippen molar-refractivity contribution in [2.75, 3.05) is 6.54 Å². The standard InChI is InChI=1S/C12H16N2O5S/c1-9(12(16)17)14-11(15)7-8-13-20(18,19)10-5-3-2-4-6-10/h2-6,9,13H,7-8H2,1H3,(H,14,15)(H,16,17)/t9-/m1/s1. The molecule has 20 heavy (non-hydrogen) atoms. The van der Waals surface area contributed by atoms with Crippen molar-refractivity contribution in [3.8, 4) is 0 Å². The van der Waals surface area contributed by atoms with Crippen molar-refractivity contribution in [2.24, 2.45) is 0 Å². The van der Waals surface area contributed by atoms with Gasteiger partial charge in [0.25, 0.3) is 0 Å². The number of carbonyl (C=O) groups excluding carboxylic acids is 1. The molecule has 0 aliphatic rings. The van der Waals surface area contributed by atoms with Gasteiger partial charge in [0.1, 0.15) is 6.04 Å². The molecule has 0 fully saturated rings. The number of sulfonamides is 1. The maximum atomic E-state index is 11.8. The monoisotopic (exact) mass is 300 g/mol. The van der Waals surface area contributed by atoms with E-state index in [9.17, 15) is 18.0 Å². The molecule has 0 saturated heterocycles. The fraction of sp³-hybridized carbons (Fsp3) is 0.333. The van der Waals surface area contributed by atoms with Crippen molar-refractivity contribution in [1.82, 2.24) is 10.0 Å². The predicted molar refractivity (Wildman–Crippen MR) is 71.5 cm³/mol. The molecule has 0 radical (unpaired) electrons. The van der Waals surface area contributed by atoms with E-state index in [1.807, 2.05) is 0 Å². The maximum Gasteiger partial charge on any atom is 0.325 e. The Morgan fingerprint density at radius 1 is 1.25 bits per heavy atom. The zero-order valence-corrected chi connectivity index (χ0v) is 11.7. The number of carbonyl (C=O) groups is 2. The van der Waals surface area contributed by atoms with Gasteiger partial charge in [0.2, 0.25) is 15.9 Å². The number of rotatable bonds is 7. The Kier molecular flexibility index (Phi) is 5.66. The normalized spacial score (nSPS) is 12.7. The Labute approximate surface area is 117 Å². The number of hydrogen-bond acceptors (Lipinski definition) is 4. The van der Waals surface area contributed by atoms with Crippen molar-refractivity contribution < 1.29 is 23.1 Å². The van der Waals surface area contributed by atoms with Crippen LogP contribution in [0.3, 0.4) is 0 Å². The molecule has 1 amide bonds. The number of amides is 1. The van der Waals surface area contributed by atoms with Crippen LogP contribution < -0.4 is 10.0 Å². The molecule has 0 aliphatic heterocycles. The molecule has 110 valence electrons. The molecule has 1 aromatic carbocycles. The fourth-order valence-electron chi connectivity index (χ4n) is 1.36. The van der Waals surface area contributed by atoms with Crippen LogP contribution in [0.15, 0.2) is 35.2 Å². The highest BCUT2D eigenvalue weighted by Gasteiger charge is 2.16. The maximum absolute atomic E-state index is 11.8. The lowest BCUT2D eigenvalue weighted by molar-refractivity contribution is -0.141. The van der Waals surface area contributed by atoms with E-state index >= 15 is 0 Å². The van der Waals surface area contributed by atoms with E-state index in [0.717, 1.165) is 0 Å². The summed E-state index contributed by atoms with van der Waals surface area (Å²) >= 11 is 0. The Morgan fingerprint density at radius 3 is 2.40 bits per heavy atom. The van der Waals surface area contributed by atoms with E-state index in [1.54, 1.807) is 18.2 Å². The van der Waals surface area contributed by atoms with E-state index in [4.69, 9.17) is 5.11 Å². The SMILES string of the molecule is C[C@@H](NC(=O)CCNS(=O)(=O)c1ccccc1)C(=O)O. The third kappa shape index (κ3) is 4.98. The van der Waals surface area contributed by atoms with Gasteiger partial charge in [-0.25, -0.2) is 13.1 Å². The fourth-order valence-corrected chi connectivity index (χ4v) is 2.41. The van der Waals surface area contributed by atoms with Crippen molar-refractivity contribution in [1.29, 1.82) is 0 Å². The molecule has 1 rings (SSSR count). The van der Waals surface area contributed by atoms with Gasteiger partial charge < -0.3 is 10.4 Å². The Bertz CT molecular complexity index is 571. The second-order valence-electron chi connectivity index (χ2n) is 4.09. The minimum atomic E-state index is -3.65. The molecule has 0 bridgehead atoms. The summed E-state index contributed by atoms with van der Waals surface area (Å²) in [5, 5.41) is 10.8. The molecule has 3 N–H and O–H groups in total. The number of benzene rings is 1. The van der Waals surface area contributed by atoms with Gasteiger partial charge in [0.15, 0.2) is 0 Å². The van der Waals surface area contributed by atoms with Gasteiger partial charge in [-0.1, -0.05) is 18.2 Å². The van der Waals surface area contributed by atoms with Crippen LogP contribution in [0.2, 0.25) is 0 Å². The molecule has 8 heteroatoms. The van der Waals surface area contributed by atoms with Crippen LogP contribution in [0.25, 0.3) is 0 Å². The van der Waals surface area contributed by atoms with E-state index in [2.05, 4.69) is 10.0 Å². The summed E-state index contributed by atoms with van der Waals surface area (Å²) in [7, 11) is -3.65. The Morgan fingerprint density at radius 2 is 1.85 bits per heavy atom. The van der Waals surface area contributed by atoms with Gasteiger partial charge in [-0.3, -0.25) is 9.59 Å². The van der Waals surface area contributed by atoms with Crippen molar-refractivity contribution in [3.05, 3.63) is 30.3 Å². The summed E-state index contributed by atoms with van der Waals surface area (Å²) in [5.41, 5.74) is 0. The molecule has 7 nitrogen and oxygen atoms in total. The van der Waals surface area contributed by atoms with E-state index < -0.39 is 27.9 Å². The van der Waals surface area contributed by atoms with Gasteiger partial charge in [-0.05, 0) is 19.1 Å². The zero-order valence-electron chi connectivity index (χ0n) is 10.9. The van der Waals surface area contributed by atoms with Crippen LogP contribution in [-0.2, 0) is 19.6 Å². The van der Waals surface area contributed by atoms with E-state index in [-0.39, 0.29) is 17.9 Å². The van der Waals surface area contributed by atoms with Crippen LogP contribution >= 0.6 is 0 Å². The summed E-state index contributed by atoms with van der Waals surface area (Å²) in [6.07, 6.45) is -0.135. The average molecular weight is 300 g/mol. The number of hydrogen-bond donors (Lipinski definition) is 3. The number of nitrogens with one attached hydrogen (secondary N) is 2. The van der Waals surface area contributed by atoms with Gasteiger partial charge >= 0.3 is 5.97 Å². The topological polar surface area (TPSA) is 113 Å². The number of aliphatic carboxylic acids is 1. The third-order valence-electron chi connectivity index (χ3n) is 2.45. The first-order valence-corrected chi connectivity index (χ1v) is 7.38. The lowest BCUT2D eigenvalue weighted by Crippen LogP contribution is -2.39. The van der Waals surface area contributed by atoms with Crippen LogP contribution in [0.1, 0.15) is 13.3 Å². The molecule has 0 unspecified atom stereocenters. The Balaban J connectivity index is 2.45. The second-order valence-corrected chi connectivity index (χ2v) is 5.86. The Hall–Kier alpha value is -1.93. The molecular formula is C12H16N2O5S. The summed E-state index contributed by atoms with van der Waals surface area (Å²) in [5.74, 6) is -1.68. The lowest BCUT2D eigenvalue weighted by Gasteiger charge is -2.10. The van der Waals surface area contributed by atoms with Crippen LogP contribution in [-0.4, -0.2) is 38.0 Å². The summed E-state index contributed by atoms with van der Waals surface area (Å²) in [4.78, 5) is 22.0. The van der Waals surface area contributed by atoms with Crippen molar-refractivity contribution >= 4 is 21.9 Å². The highest BCUT2D eigenvalue weighted by molar-refractivity contribution is 7.89. The largest absolute Gasteiger partial charge is 0.480 e. The first-order chi connectivity index (χ1) is 9.33. The van der Waals surface area contributed by atoms with Crippen LogP contribution in [0, 0.1) is 0 Å². The van der Waals surface area contributed by atoms with E-state index in [1.165, 1.54) is 19.1 Å². The smallest absolute Gasteiger partial charge is 0.325 e. The van der Waals surface area contributed by atoms with Crippen molar-refractivity contribution in [3.63, 3.8) is 0 Å². The first kappa shape index (κ1) is 16.1. The second kappa shape index (κ2) is 7.01.